The average Bonchev–Trinajstić information content (AvgIpc) is 2.50. The van der Waals surface area contributed by atoms with Crippen LogP contribution in [0.25, 0.3) is 0 Å². The van der Waals surface area contributed by atoms with Gasteiger partial charge in [0.25, 0.3) is 0 Å². The third-order valence-electron chi connectivity index (χ3n) is 2.26. The molecule has 0 fully saturated rings. The quantitative estimate of drug-likeness (QED) is 0.345. The van der Waals surface area contributed by atoms with Crippen LogP contribution in [0.4, 0.5) is 0 Å². The number of ether oxygens (including phenoxy) is 2. The van der Waals surface area contributed by atoms with E-state index in [0.717, 1.165) is 19.5 Å². The van der Waals surface area contributed by atoms with Crippen molar-refractivity contribution in [3.63, 3.8) is 0 Å². The monoisotopic (exact) mass is 294 g/mol. The highest BCUT2D eigenvalue weighted by Gasteiger charge is 1.97. The van der Waals surface area contributed by atoms with Crippen LogP contribution in [0, 0.1) is 0 Å². The highest BCUT2D eigenvalue weighted by atomic mass is 16.7. The Bertz CT molecular complexity index is 378. The van der Waals surface area contributed by atoms with E-state index in [-0.39, 0.29) is 12.1 Å². The molecule has 1 aromatic rings. The Labute approximate surface area is 127 Å². The first-order valence-corrected chi connectivity index (χ1v) is 6.84. The van der Waals surface area contributed by atoms with Gasteiger partial charge in [-0.1, -0.05) is 24.3 Å². The fraction of sp³-hybridized carbons (Fsp3) is 0.412. The fourth-order valence-corrected chi connectivity index (χ4v) is 1.31. The molecule has 1 aromatic carbocycles. The van der Waals surface area contributed by atoms with E-state index >= 15 is 0 Å². The number of ketones is 1. The topological polar surface area (TPSA) is 52.6 Å². The van der Waals surface area contributed by atoms with E-state index < -0.39 is 0 Å². The zero-order valence-electron chi connectivity index (χ0n) is 13.4. The highest BCUT2D eigenvalue weighted by molar-refractivity contribution is 5.94. The van der Waals surface area contributed by atoms with Crippen LogP contribution in [0.1, 0.15) is 48.4 Å². The van der Waals surface area contributed by atoms with Gasteiger partial charge in [0.15, 0.2) is 12.1 Å². The molecule has 0 saturated carbocycles. The molecule has 0 atom stereocenters. The Hall–Kier alpha value is -1.78. The van der Waals surface area contributed by atoms with Gasteiger partial charge in [0.1, 0.15) is 6.29 Å². The van der Waals surface area contributed by atoms with Gasteiger partial charge in [0, 0.05) is 24.3 Å². The minimum atomic E-state index is -0.0370. The molecule has 118 valence electrons. The van der Waals surface area contributed by atoms with E-state index in [1.807, 2.05) is 20.8 Å². The molecule has 21 heavy (non-hydrogen) atoms. The minimum Gasteiger partial charge on any atom is -0.353 e. The number of aldehydes is 1. The van der Waals surface area contributed by atoms with Gasteiger partial charge >= 0.3 is 0 Å². The summed E-state index contributed by atoms with van der Waals surface area (Å²) in [7, 11) is 0. The van der Waals surface area contributed by atoms with Gasteiger partial charge in [-0.25, -0.2) is 0 Å². The van der Waals surface area contributed by atoms with Gasteiger partial charge < -0.3 is 9.47 Å². The van der Waals surface area contributed by atoms with E-state index in [1.54, 1.807) is 24.3 Å². The van der Waals surface area contributed by atoms with Gasteiger partial charge in [0.05, 0.1) is 0 Å². The van der Waals surface area contributed by atoms with Gasteiger partial charge in [-0.05, 0) is 27.7 Å². The Kier molecular flexibility index (Phi) is 15.0. The maximum Gasteiger partial charge on any atom is 0.159 e. The number of Topliss-reactive ketones (excluding diaryl/α,β-unsaturated/α-hetero) is 1. The van der Waals surface area contributed by atoms with Crippen molar-refractivity contribution in [2.24, 2.45) is 0 Å². The molecule has 0 N–H and O–H groups in total. The van der Waals surface area contributed by atoms with Crippen LogP contribution in [0.3, 0.4) is 0 Å². The molecule has 0 heterocycles. The number of carbonyl (C=O) groups excluding carboxylic acids is 2. The first kappa shape index (κ1) is 21.5. The number of rotatable bonds is 6. The van der Waals surface area contributed by atoms with Gasteiger partial charge in [-0.15, -0.1) is 13.2 Å². The number of carbonyl (C=O) groups is 2. The fourth-order valence-electron chi connectivity index (χ4n) is 1.31. The lowest BCUT2D eigenvalue weighted by Crippen LogP contribution is -2.11. The third kappa shape index (κ3) is 11.7. The second-order valence-electron chi connectivity index (χ2n) is 3.77. The molecule has 0 saturated heterocycles. The number of hydrogen-bond donors (Lipinski definition) is 0. The summed E-state index contributed by atoms with van der Waals surface area (Å²) >= 11 is 0. The second kappa shape index (κ2) is 14.6. The predicted molar refractivity (Wildman–Crippen MR) is 85.8 cm³/mol. The molecule has 4 nitrogen and oxygen atoms in total. The summed E-state index contributed by atoms with van der Waals surface area (Å²) in [4.78, 5) is 21.0. The van der Waals surface area contributed by atoms with Crippen molar-refractivity contribution in [2.45, 2.75) is 34.0 Å². The van der Waals surface area contributed by atoms with Crippen molar-refractivity contribution in [1.29, 1.82) is 0 Å². The van der Waals surface area contributed by atoms with Crippen LogP contribution in [0.15, 0.2) is 37.4 Å². The molecule has 1 rings (SSSR count). The van der Waals surface area contributed by atoms with Crippen LogP contribution in [-0.2, 0) is 9.47 Å². The van der Waals surface area contributed by atoms with E-state index in [2.05, 4.69) is 13.2 Å². The molecule has 0 bridgehead atoms. The molecule has 0 aliphatic carbocycles. The first-order chi connectivity index (χ1) is 10.0. The summed E-state index contributed by atoms with van der Waals surface area (Å²) in [6, 6.07) is 6.55. The Morgan fingerprint density at radius 1 is 1.14 bits per heavy atom. The van der Waals surface area contributed by atoms with E-state index in [9.17, 15) is 9.59 Å². The maximum atomic E-state index is 10.8. The molecular formula is C17H26O4. The molecule has 0 aliphatic rings. The second-order valence-corrected chi connectivity index (χ2v) is 3.77. The van der Waals surface area contributed by atoms with Gasteiger partial charge in [0.2, 0.25) is 0 Å². The van der Waals surface area contributed by atoms with Crippen LogP contribution in [0.5, 0.6) is 0 Å². The van der Waals surface area contributed by atoms with E-state index in [4.69, 9.17) is 9.47 Å². The average molecular weight is 294 g/mol. The summed E-state index contributed by atoms with van der Waals surface area (Å²) in [6.45, 7) is 14.7. The zero-order valence-corrected chi connectivity index (χ0v) is 13.4. The summed E-state index contributed by atoms with van der Waals surface area (Å²) in [5.74, 6) is 0.0162. The normalized spacial score (nSPS) is 9.00. The zero-order chi connectivity index (χ0) is 16.7. The van der Waals surface area contributed by atoms with Crippen molar-refractivity contribution in [3.8, 4) is 0 Å². The highest BCUT2D eigenvalue weighted by Crippen LogP contribution is 2.02. The van der Waals surface area contributed by atoms with Crippen molar-refractivity contribution in [1.82, 2.24) is 0 Å². The summed E-state index contributed by atoms with van der Waals surface area (Å²) in [5.41, 5.74) is 1.23. The summed E-state index contributed by atoms with van der Waals surface area (Å²) < 4.78 is 10.1. The maximum absolute atomic E-state index is 10.8. The predicted octanol–water partition coefficient (Wildman–Crippen LogP) is 3.91. The Balaban J connectivity index is 0. The molecule has 0 aromatic heterocycles. The molecule has 0 radical (unpaired) electrons. The van der Waals surface area contributed by atoms with E-state index in [0.29, 0.717) is 11.1 Å². The lowest BCUT2D eigenvalue weighted by atomic mass is 10.1. The van der Waals surface area contributed by atoms with Crippen LogP contribution >= 0.6 is 0 Å². The minimum absolute atomic E-state index is 0.0162. The lowest BCUT2D eigenvalue weighted by Gasteiger charge is -2.09. The smallest absolute Gasteiger partial charge is 0.159 e. The standard InChI is InChI=1S/C9H8O2.C6H14O2.C2H4/c1-7(11)9-4-2-8(6-10)3-5-9;1-4-7-6(3)8-5-2;1-2/h2-6H,1H3;6H,4-5H2,1-3H3;1-2H2. The van der Waals surface area contributed by atoms with Crippen LogP contribution in [0.2, 0.25) is 0 Å². The third-order valence-corrected chi connectivity index (χ3v) is 2.26. The largest absolute Gasteiger partial charge is 0.353 e. The van der Waals surface area contributed by atoms with Crippen LogP contribution in [-0.4, -0.2) is 31.6 Å². The van der Waals surface area contributed by atoms with Crippen LogP contribution < -0.4 is 0 Å². The SMILES string of the molecule is C=C.CC(=O)c1ccc(C=O)cc1.CCOC(C)OCC. The lowest BCUT2D eigenvalue weighted by molar-refractivity contribution is -0.123. The molecule has 0 unspecified atom stereocenters. The summed E-state index contributed by atoms with van der Waals surface area (Å²) in [6.07, 6.45) is 0.717. The van der Waals surface area contributed by atoms with E-state index in [1.165, 1.54) is 6.92 Å². The number of hydrogen-bond acceptors (Lipinski definition) is 4. The number of benzene rings is 1. The van der Waals surface area contributed by atoms with Crippen molar-refractivity contribution < 1.29 is 19.1 Å². The molecule has 0 spiro atoms. The summed E-state index contributed by atoms with van der Waals surface area (Å²) in [5, 5.41) is 0. The molecular weight excluding hydrogens is 268 g/mol. The molecule has 4 heteroatoms. The van der Waals surface area contributed by atoms with Crippen molar-refractivity contribution in [2.75, 3.05) is 13.2 Å². The molecule has 0 aliphatic heterocycles. The van der Waals surface area contributed by atoms with Crippen molar-refractivity contribution in [3.05, 3.63) is 48.6 Å². The Morgan fingerprint density at radius 3 is 1.86 bits per heavy atom. The van der Waals surface area contributed by atoms with Gasteiger partial charge in [-0.2, -0.15) is 0 Å². The Morgan fingerprint density at radius 2 is 1.57 bits per heavy atom. The first-order valence-electron chi connectivity index (χ1n) is 6.84. The van der Waals surface area contributed by atoms with Crippen molar-refractivity contribution >= 4 is 12.1 Å². The molecule has 0 amide bonds. The van der Waals surface area contributed by atoms with Gasteiger partial charge in [-0.3, -0.25) is 9.59 Å².